The molecule has 0 saturated heterocycles. The zero-order valence-electron chi connectivity index (χ0n) is 7.07. The van der Waals surface area contributed by atoms with Crippen LogP contribution in [-0.2, 0) is 10.0 Å². The number of nitrogens with zero attached hydrogens (tertiary/aromatic N) is 1. The van der Waals surface area contributed by atoms with Crippen molar-refractivity contribution < 1.29 is 17.7 Å². The van der Waals surface area contributed by atoms with Crippen LogP contribution in [0.5, 0.6) is 0 Å². The molecular formula is C6H8N2O4S. The fraction of sp³-hybridized carbons (Fsp3) is 0.333. The molecule has 0 amide bonds. The van der Waals surface area contributed by atoms with Crippen molar-refractivity contribution in [2.24, 2.45) is 0 Å². The van der Waals surface area contributed by atoms with Gasteiger partial charge in [0.1, 0.15) is 0 Å². The number of hydrogen-bond acceptors (Lipinski definition) is 5. The summed E-state index contributed by atoms with van der Waals surface area (Å²) in [6.45, 7) is 1.30. The van der Waals surface area contributed by atoms with E-state index in [-0.39, 0.29) is 17.4 Å². The molecule has 0 aliphatic rings. The normalized spacial score (nSPS) is 11.2. The lowest BCUT2D eigenvalue weighted by molar-refractivity contribution is 0.0978. The fourth-order valence-electron chi connectivity index (χ4n) is 0.679. The number of ketones is 1. The van der Waals surface area contributed by atoms with E-state index >= 15 is 0 Å². The monoisotopic (exact) mass is 204 g/mol. The predicted octanol–water partition coefficient (Wildman–Crippen LogP) is 0.249. The number of carbonyl (C=O) groups excluding carboxylic acids is 1. The number of aromatic nitrogens is 1. The van der Waals surface area contributed by atoms with Crippen LogP contribution >= 0.6 is 0 Å². The number of anilines is 1. The van der Waals surface area contributed by atoms with Crippen molar-refractivity contribution in [3.63, 3.8) is 0 Å². The quantitative estimate of drug-likeness (QED) is 0.713. The van der Waals surface area contributed by atoms with Crippen LogP contribution in [0.15, 0.2) is 10.6 Å². The second kappa shape index (κ2) is 3.17. The van der Waals surface area contributed by atoms with E-state index in [4.69, 9.17) is 0 Å². The minimum absolute atomic E-state index is 0.00713. The third kappa shape index (κ3) is 2.86. The van der Waals surface area contributed by atoms with Crippen LogP contribution in [0.1, 0.15) is 17.5 Å². The largest absolute Gasteiger partial charge is 0.351 e. The average molecular weight is 204 g/mol. The molecule has 13 heavy (non-hydrogen) atoms. The first-order chi connectivity index (χ1) is 5.88. The Hall–Kier alpha value is -1.37. The summed E-state index contributed by atoms with van der Waals surface area (Å²) in [4.78, 5) is 10.7. The summed E-state index contributed by atoms with van der Waals surface area (Å²) >= 11 is 0. The van der Waals surface area contributed by atoms with Gasteiger partial charge in [-0.15, -0.1) is 0 Å². The molecule has 0 fully saturated rings. The van der Waals surface area contributed by atoms with Gasteiger partial charge < -0.3 is 4.52 Å². The summed E-state index contributed by atoms with van der Waals surface area (Å²) in [7, 11) is -3.37. The number of carbonyl (C=O) groups is 1. The topological polar surface area (TPSA) is 89.3 Å². The smallest absolute Gasteiger partial charge is 0.231 e. The van der Waals surface area contributed by atoms with Crippen molar-refractivity contribution in [3.05, 3.63) is 11.8 Å². The molecule has 7 heteroatoms. The highest BCUT2D eigenvalue weighted by Crippen LogP contribution is 2.09. The molecule has 0 aliphatic carbocycles. The Morgan fingerprint density at radius 2 is 2.23 bits per heavy atom. The Bertz CT molecular complexity index is 420. The van der Waals surface area contributed by atoms with Crippen LogP contribution in [-0.4, -0.2) is 25.6 Å². The van der Waals surface area contributed by atoms with Gasteiger partial charge in [-0.3, -0.25) is 9.52 Å². The Morgan fingerprint density at radius 3 is 2.62 bits per heavy atom. The lowest BCUT2D eigenvalue weighted by Crippen LogP contribution is -2.09. The van der Waals surface area contributed by atoms with E-state index in [9.17, 15) is 13.2 Å². The molecule has 0 spiro atoms. The van der Waals surface area contributed by atoms with E-state index in [0.29, 0.717) is 0 Å². The Morgan fingerprint density at radius 1 is 1.62 bits per heavy atom. The van der Waals surface area contributed by atoms with Crippen LogP contribution in [0.3, 0.4) is 0 Å². The van der Waals surface area contributed by atoms with Gasteiger partial charge in [0.25, 0.3) is 0 Å². The maximum Gasteiger partial charge on any atom is 0.231 e. The number of rotatable bonds is 3. The molecule has 6 nitrogen and oxygen atoms in total. The second-order valence-corrected chi connectivity index (χ2v) is 4.26. The summed E-state index contributed by atoms with van der Waals surface area (Å²) in [5.41, 5.74) is 0. The van der Waals surface area contributed by atoms with E-state index in [1.165, 1.54) is 13.0 Å². The molecule has 0 saturated carbocycles. The molecule has 0 aliphatic heterocycles. The molecule has 0 aromatic carbocycles. The molecule has 1 aromatic rings. The van der Waals surface area contributed by atoms with E-state index in [1.54, 1.807) is 0 Å². The highest BCUT2D eigenvalue weighted by Gasteiger charge is 2.10. The molecule has 0 unspecified atom stereocenters. The van der Waals surface area contributed by atoms with Crippen molar-refractivity contribution >= 4 is 21.6 Å². The van der Waals surface area contributed by atoms with Crippen LogP contribution in [0.25, 0.3) is 0 Å². The van der Waals surface area contributed by atoms with Crippen LogP contribution < -0.4 is 4.72 Å². The minimum atomic E-state index is -3.37. The molecule has 1 rings (SSSR count). The maximum absolute atomic E-state index is 10.7. The zero-order chi connectivity index (χ0) is 10.1. The molecule has 1 aromatic heterocycles. The third-order valence-electron chi connectivity index (χ3n) is 1.15. The molecular weight excluding hydrogens is 196 g/mol. The summed E-state index contributed by atoms with van der Waals surface area (Å²) in [6.07, 6.45) is 0.981. The first-order valence-electron chi connectivity index (χ1n) is 3.34. The lowest BCUT2D eigenvalue weighted by atomic mass is 10.3. The number of nitrogens with one attached hydrogen (secondary N) is 1. The van der Waals surface area contributed by atoms with Gasteiger partial charge in [0.2, 0.25) is 15.8 Å². The summed E-state index contributed by atoms with van der Waals surface area (Å²) < 4.78 is 28.0. The van der Waals surface area contributed by atoms with Crippen molar-refractivity contribution in [1.29, 1.82) is 0 Å². The predicted molar refractivity (Wildman–Crippen MR) is 45.0 cm³/mol. The Kier molecular flexibility index (Phi) is 2.37. The molecule has 1 heterocycles. The van der Waals surface area contributed by atoms with Crippen molar-refractivity contribution in [2.45, 2.75) is 6.92 Å². The first-order valence-corrected chi connectivity index (χ1v) is 5.23. The minimum Gasteiger partial charge on any atom is -0.351 e. The number of Topliss-reactive ketones (excluding diaryl/α,β-unsaturated/α-hetero) is 1. The molecule has 0 bridgehead atoms. The van der Waals surface area contributed by atoms with Crippen molar-refractivity contribution in [3.8, 4) is 0 Å². The van der Waals surface area contributed by atoms with Gasteiger partial charge in [-0.2, -0.15) is 0 Å². The van der Waals surface area contributed by atoms with Crippen molar-refractivity contribution in [1.82, 2.24) is 5.16 Å². The second-order valence-electron chi connectivity index (χ2n) is 2.51. The molecule has 0 radical (unpaired) electrons. The maximum atomic E-state index is 10.7. The average Bonchev–Trinajstić information content (AvgIpc) is 2.31. The lowest BCUT2D eigenvalue weighted by Gasteiger charge is -1.94. The highest BCUT2D eigenvalue weighted by molar-refractivity contribution is 7.92. The fourth-order valence-corrected chi connectivity index (χ4v) is 1.16. The van der Waals surface area contributed by atoms with Crippen LogP contribution in [0.2, 0.25) is 0 Å². The summed E-state index contributed by atoms with van der Waals surface area (Å²) in [6, 6.07) is 1.23. The SMILES string of the molecule is CC(=O)c1cc(NS(C)(=O)=O)no1. The molecule has 72 valence electrons. The van der Waals surface area contributed by atoms with Gasteiger partial charge in [-0.05, 0) is 0 Å². The van der Waals surface area contributed by atoms with E-state index in [2.05, 4.69) is 14.4 Å². The molecule has 0 atom stereocenters. The zero-order valence-corrected chi connectivity index (χ0v) is 7.88. The van der Waals surface area contributed by atoms with Crippen LogP contribution in [0, 0.1) is 0 Å². The van der Waals surface area contributed by atoms with Gasteiger partial charge in [-0.1, -0.05) is 5.16 Å². The Labute approximate surface area is 75.0 Å². The Balaban J connectivity index is 2.87. The standard InChI is InChI=1S/C6H8N2O4S/c1-4(9)5-3-6(7-12-5)8-13(2,10)11/h3H,1-2H3,(H,7,8). The van der Waals surface area contributed by atoms with Gasteiger partial charge in [0.05, 0.1) is 6.26 Å². The third-order valence-corrected chi connectivity index (χ3v) is 1.73. The molecule has 1 N–H and O–H groups in total. The first kappa shape index (κ1) is 9.72. The van der Waals surface area contributed by atoms with E-state index in [1.807, 2.05) is 0 Å². The van der Waals surface area contributed by atoms with Gasteiger partial charge in [0.15, 0.2) is 11.6 Å². The van der Waals surface area contributed by atoms with Gasteiger partial charge in [0, 0.05) is 13.0 Å². The van der Waals surface area contributed by atoms with E-state index < -0.39 is 10.0 Å². The van der Waals surface area contributed by atoms with Crippen molar-refractivity contribution in [2.75, 3.05) is 11.0 Å². The van der Waals surface area contributed by atoms with Gasteiger partial charge in [-0.25, -0.2) is 8.42 Å². The summed E-state index contributed by atoms with van der Waals surface area (Å²) in [5, 5.41) is 3.34. The highest BCUT2D eigenvalue weighted by atomic mass is 32.2. The van der Waals surface area contributed by atoms with Gasteiger partial charge >= 0.3 is 0 Å². The number of sulfonamides is 1. The number of hydrogen-bond donors (Lipinski definition) is 1. The summed E-state index contributed by atoms with van der Waals surface area (Å²) in [5.74, 6) is -0.284. The van der Waals surface area contributed by atoms with E-state index in [0.717, 1.165) is 6.26 Å². The van der Waals surface area contributed by atoms with Crippen LogP contribution in [0.4, 0.5) is 5.82 Å².